The lowest BCUT2D eigenvalue weighted by atomic mass is 9.97. The fraction of sp³-hybridized carbons (Fsp3) is 0.161. The molecule has 156 valence electrons. The standard InChI is InChI=1S/C31H28Si/c1-21-20-29-23(22-12-5-4-6-13-22)18-11-19-28(29)30(21)32(2,3)31-26-16-9-7-14-24(26)25-15-8-10-17-27(25)31/h4-20,30-31H,1-3H3. The number of fused-ring (bicyclic) bond motifs is 4. The van der Waals surface area contributed by atoms with Crippen LogP contribution in [0, 0.1) is 0 Å². The molecule has 32 heavy (non-hydrogen) atoms. The Kier molecular flexibility index (Phi) is 4.38. The lowest BCUT2D eigenvalue weighted by Gasteiger charge is -2.38. The van der Waals surface area contributed by atoms with Crippen molar-refractivity contribution in [3.05, 3.63) is 125 Å². The van der Waals surface area contributed by atoms with Crippen molar-refractivity contribution in [3.63, 3.8) is 0 Å². The molecule has 0 bridgehead atoms. The molecule has 0 amide bonds. The summed E-state index contributed by atoms with van der Waals surface area (Å²) in [7, 11) is -1.85. The van der Waals surface area contributed by atoms with Gasteiger partial charge in [-0.05, 0) is 51.4 Å². The van der Waals surface area contributed by atoms with Gasteiger partial charge in [-0.1, -0.05) is 122 Å². The Bertz CT molecular complexity index is 1310. The molecule has 2 aliphatic rings. The van der Waals surface area contributed by atoms with Crippen LogP contribution in [0.25, 0.3) is 28.3 Å². The minimum absolute atomic E-state index is 0.509. The van der Waals surface area contributed by atoms with E-state index in [1.807, 2.05) is 0 Å². The average Bonchev–Trinajstić information content (AvgIpc) is 3.34. The SMILES string of the molecule is CC1=Cc2c(-c3ccccc3)cccc2C1[Si](C)(C)C1c2ccccc2-c2ccccc21. The van der Waals surface area contributed by atoms with E-state index < -0.39 is 8.07 Å². The molecular weight excluding hydrogens is 400 g/mol. The minimum Gasteiger partial charge on any atom is -0.0679 e. The number of rotatable bonds is 3. The molecule has 0 fully saturated rings. The lowest BCUT2D eigenvalue weighted by molar-refractivity contribution is 0.986. The first-order valence-electron chi connectivity index (χ1n) is 11.6. The van der Waals surface area contributed by atoms with Gasteiger partial charge in [-0.25, -0.2) is 0 Å². The number of allylic oxidation sites excluding steroid dienone is 1. The maximum absolute atomic E-state index is 2.61. The van der Waals surface area contributed by atoms with Gasteiger partial charge >= 0.3 is 0 Å². The molecule has 0 radical (unpaired) electrons. The van der Waals surface area contributed by atoms with Crippen LogP contribution < -0.4 is 0 Å². The molecule has 0 aromatic heterocycles. The van der Waals surface area contributed by atoms with Crippen LogP contribution in [-0.2, 0) is 0 Å². The smallest absolute Gasteiger partial charge is 0.0679 e. The molecule has 1 unspecified atom stereocenters. The molecule has 6 rings (SSSR count). The first-order chi connectivity index (χ1) is 15.6. The Balaban J connectivity index is 1.52. The highest BCUT2D eigenvalue weighted by molar-refractivity contribution is 6.82. The van der Waals surface area contributed by atoms with E-state index in [0.29, 0.717) is 11.1 Å². The molecule has 2 aliphatic carbocycles. The van der Waals surface area contributed by atoms with E-state index in [1.165, 1.54) is 50.1 Å². The van der Waals surface area contributed by atoms with Crippen LogP contribution >= 0.6 is 0 Å². The summed E-state index contributed by atoms with van der Waals surface area (Å²) in [5.41, 5.74) is 14.1. The van der Waals surface area contributed by atoms with Crippen molar-refractivity contribution in [1.82, 2.24) is 0 Å². The highest BCUT2D eigenvalue weighted by Crippen LogP contribution is 2.55. The summed E-state index contributed by atoms with van der Waals surface area (Å²) in [6.45, 7) is 7.59. The molecular formula is C31H28Si. The Morgan fingerprint density at radius 3 is 1.72 bits per heavy atom. The van der Waals surface area contributed by atoms with E-state index in [1.54, 1.807) is 0 Å². The second-order valence-electron chi connectivity index (χ2n) is 9.92. The summed E-state index contributed by atoms with van der Waals surface area (Å²) in [5, 5.41) is 0. The average molecular weight is 429 g/mol. The van der Waals surface area contributed by atoms with Crippen molar-refractivity contribution in [2.45, 2.75) is 31.1 Å². The third kappa shape index (κ3) is 2.74. The molecule has 0 saturated carbocycles. The molecule has 0 aliphatic heterocycles. The Morgan fingerprint density at radius 1 is 0.531 bits per heavy atom. The zero-order chi connectivity index (χ0) is 21.9. The number of benzene rings is 4. The largest absolute Gasteiger partial charge is 0.0726 e. The fourth-order valence-electron chi connectivity index (χ4n) is 6.53. The van der Waals surface area contributed by atoms with E-state index in [9.17, 15) is 0 Å². The molecule has 0 nitrogen and oxygen atoms in total. The fourth-order valence-corrected chi connectivity index (χ4v) is 11.3. The third-order valence-corrected chi connectivity index (χ3v) is 12.0. The predicted octanol–water partition coefficient (Wildman–Crippen LogP) is 8.45. The van der Waals surface area contributed by atoms with Gasteiger partial charge in [0.2, 0.25) is 0 Å². The van der Waals surface area contributed by atoms with E-state index in [4.69, 9.17) is 0 Å². The molecule has 0 heterocycles. The van der Waals surface area contributed by atoms with Crippen LogP contribution in [0.3, 0.4) is 0 Å². The van der Waals surface area contributed by atoms with Gasteiger partial charge in [0.05, 0.1) is 8.07 Å². The van der Waals surface area contributed by atoms with Crippen molar-refractivity contribution >= 4 is 14.1 Å². The van der Waals surface area contributed by atoms with E-state index in [0.717, 1.165) is 0 Å². The molecule has 1 heteroatoms. The molecule has 1 atom stereocenters. The van der Waals surface area contributed by atoms with E-state index in [2.05, 4.69) is 123 Å². The predicted molar refractivity (Wildman–Crippen MR) is 139 cm³/mol. The summed E-state index contributed by atoms with van der Waals surface area (Å²) in [5.74, 6) is 0. The summed E-state index contributed by atoms with van der Waals surface area (Å²) < 4.78 is 0. The zero-order valence-corrected chi connectivity index (χ0v) is 20.0. The highest BCUT2D eigenvalue weighted by Gasteiger charge is 2.48. The minimum atomic E-state index is -1.85. The van der Waals surface area contributed by atoms with Crippen molar-refractivity contribution in [1.29, 1.82) is 0 Å². The normalized spacial score (nSPS) is 17.0. The zero-order valence-electron chi connectivity index (χ0n) is 19.0. The van der Waals surface area contributed by atoms with Crippen LogP contribution in [0.1, 0.15) is 40.3 Å². The van der Waals surface area contributed by atoms with Crippen LogP contribution in [0.4, 0.5) is 0 Å². The monoisotopic (exact) mass is 428 g/mol. The van der Waals surface area contributed by atoms with Gasteiger partial charge in [0.1, 0.15) is 0 Å². The summed E-state index contributed by atoms with van der Waals surface area (Å²) in [6.07, 6.45) is 2.48. The van der Waals surface area contributed by atoms with Gasteiger partial charge in [0, 0.05) is 11.1 Å². The van der Waals surface area contributed by atoms with Gasteiger partial charge in [-0.3, -0.25) is 0 Å². The molecule has 0 spiro atoms. The van der Waals surface area contributed by atoms with Crippen molar-refractivity contribution in [2.75, 3.05) is 0 Å². The second-order valence-corrected chi connectivity index (χ2v) is 14.7. The van der Waals surface area contributed by atoms with E-state index in [-0.39, 0.29) is 0 Å². The Labute approximate surface area is 192 Å². The maximum Gasteiger partial charge on any atom is 0.0726 e. The highest BCUT2D eigenvalue weighted by atomic mass is 28.3. The van der Waals surface area contributed by atoms with Gasteiger partial charge < -0.3 is 0 Å². The molecule has 4 aromatic carbocycles. The lowest BCUT2D eigenvalue weighted by Crippen LogP contribution is -2.42. The first kappa shape index (κ1) is 19.5. The van der Waals surface area contributed by atoms with Crippen molar-refractivity contribution < 1.29 is 0 Å². The van der Waals surface area contributed by atoms with Gasteiger partial charge in [0.15, 0.2) is 0 Å². The first-order valence-corrected chi connectivity index (χ1v) is 14.8. The summed E-state index contributed by atoms with van der Waals surface area (Å²) in [6, 6.07) is 36.0. The maximum atomic E-state index is 2.61. The Morgan fingerprint density at radius 2 is 1.06 bits per heavy atom. The Hall–Kier alpha value is -3.16. The van der Waals surface area contributed by atoms with Gasteiger partial charge in [-0.15, -0.1) is 0 Å². The number of hydrogen-bond acceptors (Lipinski definition) is 0. The van der Waals surface area contributed by atoms with Crippen LogP contribution in [0.5, 0.6) is 0 Å². The van der Waals surface area contributed by atoms with Crippen molar-refractivity contribution in [2.24, 2.45) is 0 Å². The second kappa shape index (κ2) is 7.18. The van der Waals surface area contributed by atoms with Crippen molar-refractivity contribution in [3.8, 4) is 22.3 Å². The summed E-state index contributed by atoms with van der Waals surface area (Å²) >= 11 is 0. The quantitative estimate of drug-likeness (QED) is 0.287. The molecule has 0 N–H and O–H groups in total. The van der Waals surface area contributed by atoms with Gasteiger partial charge in [-0.2, -0.15) is 0 Å². The molecule has 4 aromatic rings. The van der Waals surface area contributed by atoms with E-state index >= 15 is 0 Å². The van der Waals surface area contributed by atoms with Crippen LogP contribution in [0.2, 0.25) is 13.1 Å². The molecule has 0 saturated heterocycles. The van der Waals surface area contributed by atoms with Gasteiger partial charge in [0.25, 0.3) is 0 Å². The third-order valence-electron chi connectivity index (χ3n) is 7.68. The van der Waals surface area contributed by atoms with Crippen LogP contribution in [0.15, 0.2) is 103 Å². The number of hydrogen-bond donors (Lipinski definition) is 0. The summed E-state index contributed by atoms with van der Waals surface area (Å²) in [4.78, 5) is 0. The topological polar surface area (TPSA) is 0 Å². The van der Waals surface area contributed by atoms with Crippen LogP contribution in [-0.4, -0.2) is 8.07 Å².